The Kier molecular flexibility index (Phi) is 3.73. The van der Waals surface area contributed by atoms with Crippen LogP contribution in [0.5, 0.6) is 0 Å². The molecule has 1 fully saturated rings. The fourth-order valence-corrected chi connectivity index (χ4v) is 2.42. The van der Waals surface area contributed by atoms with Gasteiger partial charge in [-0.2, -0.15) is 0 Å². The monoisotopic (exact) mass is 312 g/mol. The van der Waals surface area contributed by atoms with E-state index in [9.17, 15) is 9.90 Å². The third-order valence-electron chi connectivity index (χ3n) is 3.41. The first-order valence-electron chi connectivity index (χ1n) is 5.99. The molecule has 1 atom stereocenters. The molecule has 98 valence electrons. The van der Waals surface area contributed by atoms with E-state index in [1.807, 2.05) is 19.9 Å². The first-order valence-corrected chi connectivity index (χ1v) is 6.78. The zero-order valence-corrected chi connectivity index (χ0v) is 12.1. The van der Waals surface area contributed by atoms with Crippen LogP contribution in [0, 0.1) is 5.41 Å². The normalized spacial score (nSPS) is 22.9. The van der Waals surface area contributed by atoms with Gasteiger partial charge in [-0.05, 0) is 34.5 Å². The Balaban J connectivity index is 2.13. The van der Waals surface area contributed by atoms with Gasteiger partial charge in [0.05, 0.1) is 6.10 Å². The molecule has 1 aromatic rings. The molecule has 2 rings (SSSR count). The Morgan fingerprint density at radius 1 is 1.56 bits per heavy atom. The lowest BCUT2D eigenvalue weighted by atomic mass is 9.81. The lowest BCUT2D eigenvalue weighted by molar-refractivity contribution is -0.0184. The molecule has 1 N–H and O–H groups in total. The molecule has 2 heterocycles. The number of amides is 1. The van der Waals surface area contributed by atoms with E-state index >= 15 is 0 Å². The highest BCUT2D eigenvalue weighted by atomic mass is 79.9. The van der Waals surface area contributed by atoms with Gasteiger partial charge in [0.25, 0.3) is 5.91 Å². The summed E-state index contributed by atoms with van der Waals surface area (Å²) in [5.74, 6) is -0.0672. The van der Waals surface area contributed by atoms with Gasteiger partial charge >= 0.3 is 0 Å². The molecule has 1 aromatic heterocycles. The predicted molar refractivity (Wildman–Crippen MR) is 72.2 cm³/mol. The summed E-state index contributed by atoms with van der Waals surface area (Å²) in [5.41, 5.74) is 0.189. The van der Waals surface area contributed by atoms with Gasteiger partial charge in [0.15, 0.2) is 0 Å². The third-order valence-corrected chi connectivity index (χ3v) is 3.88. The number of hydrogen-bond acceptors (Lipinski definition) is 3. The minimum absolute atomic E-state index is 0.0672. The largest absolute Gasteiger partial charge is 0.392 e. The van der Waals surface area contributed by atoms with E-state index in [2.05, 4.69) is 20.9 Å². The van der Waals surface area contributed by atoms with Crippen molar-refractivity contribution in [2.75, 3.05) is 13.1 Å². The first-order chi connectivity index (χ1) is 8.40. The number of aliphatic hydroxyl groups excluding tert-OH is 1. The summed E-state index contributed by atoms with van der Waals surface area (Å²) in [6, 6.07) is 3.52. The summed E-state index contributed by atoms with van der Waals surface area (Å²) in [6.45, 7) is 5.10. The van der Waals surface area contributed by atoms with Gasteiger partial charge in [-0.15, -0.1) is 0 Å². The summed E-state index contributed by atoms with van der Waals surface area (Å²) >= 11 is 3.30. The van der Waals surface area contributed by atoms with E-state index in [4.69, 9.17) is 0 Å². The second-order valence-electron chi connectivity index (χ2n) is 5.38. The van der Waals surface area contributed by atoms with Crippen LogP contribution in [0.1, 0.15) is 30.8 Å². The van der Waals surface area contributed by atoms with Crippen molar-refractivity contribution in [1.82, 2.24) is 9.88 Å². The van der Waals surface area contributed by atoms with Crippen LogP contribution in [0.15, 0.2) is 22.8 Å². The SMILES string of the molecule is CC1(C)CN(C(=O)c2ccc(Br)cn2)CC[C@H]1O. The van der Waals surface area contributed by atoms with Crippen LogP contribution in [0.4, 0.5) is 0 Å². The van der Waals surface area contributed by atoms with E-state index in [1.165, 1.54) is 0 Å². The van der Waals surface area contributed by atoms with Crippen molar-refractivity contribution in [1.29, 1.82) is 0 Å². The van der Waals surface area contributed by atoms with Crippen LogP contribution < -0.4 is 0 Å². The van der Waals surface area contributed by atoms with Crippen molar-refractivity contribution in [3.05, 3.63) is 28.5 Å². The number of halogens is 1. The van der Waals surface area contributed by atoms with E-state index in [0.717, 1.165) is 4.47 Å². The van der Waals surface area contributed by atoms with Gasteiger partial charge in [0, 0.05) is 29.2 Å². The van der Waals surface area contributed by atoms with Gasteiger partial charge in [0.2, 0.25) is 0 Å². The van der Waals surface area contributed by atoms with Gasteiger partial charge < -0.3 is 10.0 Å². The Morgan fingerprint density at radius 3 is 2.83 bits per heavy atom. The quantitative estimate of drug-likeness (QED) is 0.863. The molecule has 0 radical (unpaired) electrons. The summed E-state index contributed by atoms with van der Waals surface area (Å²) in [5, 5.41) is 9.88. The highest BCUT2D eigenvalue weighted by Gasteiger charge is 2.36. The smallest absolute Gasteiger partial charge is 0.272 e. The second kappa shape index (κ2) is 4.97. The predicted octanol–water partition coefficient (Wildman–Crippen LogP) is 2.08. The van der Waals surface area contributed by atoms with E-state index in [1.54, 1.807) is 17.2 Å². The van der Waals surface area contributed by atoms with Gasteiger partial charge in [-0.3, -0.25) is 4.79 Å². The zero-order valence-electron chi connectivity index (χ0n) is 10.6. The highest BCUT2D eigenvalue weighted by molar-refractivity contribution is 9.10. The number of rotatable bonds is 1. The summed E-state index contributed by atoms with van der Waals surface area (Å²) in [4.78, 5) is 18.2. The number of aromatic nitrogens is 1. The van der Waals surface area contributed by atoms with Crippen LogP contribution in [-0.2, 0) is 0 Å². The summed E-state index contributed by atoms with van der Waals surface area (Å²) < 4.78 is 0.855. The molecule has 1 amide bonds. The molecule has 1 aliphatic heterocycles. The van der Waals surface area contributed by atoms with Gasteiger partial charge in [-0.1, -0.05) is 13.8 Å². The van der Waals surface area contributed by atoms with Crippen LogP contribution in [0.25, 0.3) is 0 Å². The topological polar surface area (TPSA) is 53.4 Å². The molecular formula is C13H17BrN2O2. The third kappa shape index (κ3) is 2.72. The highest BCUT2D eigenvalue weighted by Crippen LogP contribution is 2.29. The first kappa shape index (κ1) is 13.5. The second-order valence-corrected chi connectivity index (χ2v) is 6.30. The van der Waals surface area contributed by atoms with E-state index in [0.29, 0.717) is 25.2 Å². The van der Waals surface area contributed by atoms with Crippen LogP contribution >= 0.6 is 15.9 Å². The molecule has 0 aromatic carbocycles. The maximum atomic E-state index is 12.3. The molecule has 0 saturated carbocycles. The maximum absolute atomic E-state index is 12.3. The van der Waals surface area contributed by atoms with E-state index in [-0.39, 0.29) is 17.4 Å². The van der Waals surface area contributed by atoms with Crippen molar-refractivity contribution in [3.63, 3.8) is 0 Å². The Hall–Kier alpha value is -0.940. The van der Waals surface area contributed by atoms with Gasteiger partial charge in [0.1, 0.15) is 5.69 Å². The molecule has 5 heteroatoms. The lowest BCUT2D eigenvalue weighted by Crippen LogP contribution is -2.50. The number of pyridine rings is 1. The molecule has 0 bridgehead atoms. The average molecular weight is 313 g/mol. The minimum atomic E-state index is -0.348. The molecule has 0 aliphatic carbocycles. The fraction of sp³-hybridized carbons (Fsp3) is 0.538. The zero-order chi connectivity index (χ0) is 13.3. The van der Waals surface area contributed by atoms with Crippen molar-refractivity contribution in [3.8, 4) is 0 Å². The standard InChI is InChI=1S/C13H17BrN2O2/c1-13(2)8-16(6-5-11(13)17)12(18)10-4-3-9(14)7-15-10/h3-4,7,11,17H,5-6,8H2,1-2H3/t11-/m1/s1. The number of piperidine rings is 1. The Morgan fingerprint density at radius 2 is 2.28 bits per heavy atom. The summed E-state index contributed by atoms with van der Waals surface area (Å²) in [6.07, 6.45) is 1.89. The maximum Gasteiger partial charge on any atom is 0.272 e. The lowest BCUT2D eigenvalue weighted by Gasteiger charge is -2.41. The molecule has 0 spiro atoms. The Labute approximate surface area is 115 Å². The molecule has 1 aliphatic rings. The molecule has 4 nitrogen and oxygen atoms in total. The van der Waals surface area contributed by atoms with Crippen molar-refractivity contribution in [2.45, 2.75) is 26.4 Å². The number of carbonyl (C=O) groups excluding carboxylic acids is 1. The van der Waals surface area contributed by atoms with E-state index < -0.39 is 0 Å². The van der Waals surface area contributed by atoms with Crippen molar-refractivity contribution < 1.29 is 9.90 Å². The number of likely N-dealkylation sites (tertiary alicyclic amines) is 1. The van der Waals surface area contributed by atoms with Crippen LogP contribution in [0.3, 0.4) is 0 Å². The molecule has 1 saturated heterocycles. The Bertz CT molecular complexity index is 445. The molecule has 0 unspecified atom stereocenters. The summed E-state index contributed by atoms with van der Waals surface area (Å²) in [7, 11) is 0. The van der Waals surface area contributed by atoms with Crippen LogP contribution in [-0.4, -0.2) is 40.1 Å². The fourth-order valence-electron chi connectivity index (χ4n) is 2.18. The number of carbonyl (C=O) groups is 1. The number of aliphatic hydroxyl groups is 1. The number of hydrogen-bond donors (Lipinski definition) is 1. The number of nitrogens with zero attached hydrogens (tertiary/aromatic N) is 2. The van der Waals surface area contributed by atoms with Crippen molar-refractivity contribution in [2.24, 2.45) is 5.41 Å². The average Bonchev–Trinajstić information content (AvgIpc) is 2.33. The minimum Gasteiger partial charge on any atom is -0.392 e. The molecular weight excluding hydrogens is 296 g/mol. The van der Waals surface area contributed by atoms with Crippen molar-refractivity contribution >= 4 is 21.8 Å². The molecule has 18 heavy (non-hydrogen) atoms. The van der Waals surface area contributed by atoms with Crippen LogP contribution in [0.2, 0.25) is 0 Å². The van der Waals surface area contributed by atoms with Gasteiger partial charge in [-0.25, -0.2) is 4.98 Å².